The minimum Gasteiger partial charge on any atom is -0.360 e. The Balaban J connectivity index is 1.48. The Morgan fingerprint density at radius 3 is 2.17 bits per heavy atom. The van der Waals surface area contributed by atoms with Crippen LogP contribution in [0.15, 0.2) is 59.5 Å². The van der Waals surface area contributed by atoms with Crippen molar-refractivity contribution < 1.29 is 9.59 Å². The highest BCUT2D eigenvalue weighted by Crippen LogP contribution is 2.20. The number of benzene rings is 2. The normalized spacial score (nSPS) is 12.9. The van der Waals surface area contributed by atoms with E-state index in [2.05, 4.69) is 10.7 Å². The lowest BCUT2D eigenvalue weighted by molar-refractivity contribution is 0.0611. The van der Waals surface area contributed by atoms with Crippen LogP contribution in [0.25, 0.3) is 0 Å². The third-order valence-electron chi connectivity index (χ3n) is 3.41. The van der Waals surface area contributed by atoms with Crippen LogP contribution in [0.5, 0.6) is 0 Å². The van der Waals surface area contributed by atoms with Gasteiger partial charge >= 0.3 is 0 Å². The quantitative estimate of drug-likeness (QED) is 0.371. The Bertz CT molecular complexity index is 745. The van der Waals surface area contributed by atoms with Gasteiger partial charge in [-0.15, -0.1) is 11.8 Å². The summed E-state index contributed by atoms with van der Waals surface area (Å²) in [5.74, 6) is 0.0327. The SMILES string of the molecule is O=C1c2ccccc2C(=O)N1NC(=S)NCCSc1ccccc1. The third-order valence-corrected chi connectivity index (χ3v) is 4.66. The number of fused-ring (bicyclic) bond motifs is 1. The number of nitrogens with one attached hydrogen (secondary N) is 2. The van der Waals surface area contributed by atoms with Crippen molar-refractivity contribution in [2.24, 2.45) is 0 Å². The van der Waals surface area contributed by atoms with Crippen molar-refractivity contribution in [1.82, 2.24) is 15.8 Å². The van der Waals surface area contributed by atoms with Gasteiger partial charge in [0, 0.05) is 17.2 Å². The number of hydrogen-bond donors (Lipinski definition) is 2. The van der Waals surface area contributed by atoms with E-state index in [1.54, 1.807) is 36.0 Å². The lowest BCUT2D eigenvalue weighted by Gasteiger charge is -2.17. The first-order valence-corrected chi connectivity index (χ1v) is 8.76. The van der Waals surface area contributed by atoms with Gasteiger partial charge in [-0.25, -0.2) is 0 Å². The van der Waals surface area contributed by atoms with E-state index in [1.165, 1.54) is 4.90 Å². The molecule has 122 valence electrons. The molecule has 0 radical (unpaired) electrons. The van der Waals surface area contributed by atoms with Gasteiger partial charge in [0.1, 0.15) is 0 Å². The number of nitrogens with zero attached hydrogens (tertiary/aromatic N) is 1. The molecule has 7 heteroatoms. The van der Waals surface area contributed by atoms with E-state index in [-0.39, 0.29) is 5.11 Å². The van der Waals surface area contributed by atoms with Crippen LogP contribution in [0.3, 0.4) is 0 Å². The molecule has 0 aromatic heterocycles. The maximum Gasteiger partial charge on any atom is 0.280 e. The molecule has 1 aliphatic heterocycles. The van der Waals surface area contributed by atoms with Gasteiger partial charge in [0.05, 0.1) is 11.1 Å². The summed E-state index contributed by atoms with van der Waals surface area (Å²) in [6.07, 6.45) is 0. The molecule has 0 unspecified atom stereocenters. The van der Waals surface area contributed by atoms with Gasteiger partial charge in [0.25, 0.3) is 11.8 Å². The molecule has 2 aromatic carbocycles. The third kappa shape index (κ3) is 3.58. The fraction of sp³-hybridized carbons (Fsp3) is 0.118. The van der Waals surface area contributed by atoms with E-state index in [0.717, 1.165) is 10.8 Å². The molecule has 0 fully saturated rings. The summed E-state index contributed by atoms with van der Waals surface area (Å²) in [6, 6.07) is 16.8. The van der Waals surface area contributed by atoms with Crippen LogP contribution in [0, 0.1) is 0 Å². The number of hydrazine groups is 1. The fourth-order valence-corrected chi connectivity index (χ4v) is 3.26. The van der Waals surface area contributed by atoms with Crippen LogP contribution >= 0.6 is 24.0 Å². The lowest BCUT2D eigenvalue weighted by Crippen LogP contribution is -2.50. The molecule has 0 saturated carbocycles. The summed E-state index contributed by atoms with van der Waals surface area (Å²) >= 11 is 6.86. The monoisotopic (exact) mass is 357 g/mol. The minimum absolute atomic E-state index is 0.248. The van der Waals surface area contributed by atoms with Crippen molar-refractivity contribution in [3.8, 4) is 0 Å². The lowest BCUT2D eigenvalue weighted by atomic mass is 10.1. The number of thioether (sulfide) groups is 1. The molecule has 0 atom stereocenters. The van der Waals surface area contributed by atoms with Gasteiger partial charge in [0.15, 0.2) is 5.11 Å². The predicted octanol–water partition coefficient (Wildman–Crippen LogP) is 2.45. The molecule has 2 N–H and O–H groups in total. The number of thiocarbonyl (C=S) groups is 1. The number of carbonyl (C=O) groups excluding carboxylic acids is 2. The summed E-state index contributed by atoms with van der Waals surface area (Å²) in [4.78, 5) is 25.6. The predicted molar refractivity (Wildman–Crippen MR) is 97.8 cm³/mol. The summed E-state index contributed by atoms with van der Waals surface area (Å²) in [6.45, 7) is 0.620. The second-order valence-electron chi connectivity index (χ2n) is 5.02. The maximum absolute atomic E-state index is 12.2. The number of carbonyl (C=O) groups is 2. The van der Waals surface area contributed by atoms with Crippen LogP contribution in [0.2, 0.25) is 0 Å². The first-order chi connectivity index (χ1) is 11.7. The van der Waals surface area contributed by atoms with Gasteiger partial charge in [-0.3, -0.25) is 15.0 Å². The number of rotatable bonds is 5. The van der Waals surface area contributed by atoms with Crippen LogP contribution in [0.1, 0.15) is 20.7 Å². The Kier molecular flexibility index (Phi) is 5.12. The van der Waals surface area contributed by atoms with Crippen molar-refractivity contribution in [3.63, 3.8) is 0 Å². The van der Waals surface area contributed by atoms with Crippen molar-refractivity contribution in [3.05, 3.63) is 65.7 Å². The highest BCUT2D eigenvalue weighted by Gasteiger charge is 2.35. The minimum atomic E-state index is -0.390. The first kappa shape index (κ1) is 16.5. The van der Waals surface area contributed by atoms with Gasteiger partial charge in [-0.1, -0.05) is 30.3 Å². The summed E-state index contributed by atoms with van der Waals surface area (Å²) in [5.41, 5.74) is 3.44. The molecule has 2 aromatic rings. The number of imide groups is 1. The number of hydrogen-bond acceptors (Lipinski definition) is 4. The molecule has 1 aliphatic rings. The molecule has 0 bridgehead atoms. The Hall–Kier alpha value is -2.38. The van der Waals surface area contributed by atoms with E-state index < -0.39 is 11.8 Å². The Morgan fingerprint density at radius 1 is 0.958 bits per heavy atom. The summed E-state index contributed by atoms with van der Waals surface area (Å²) in [5, 5.41) is 4.20. The van der Waals surface area contributed by atoms with Gasteiger partial charge in [0.2, 0.25) is 0 Å². The molecule has 0 spiro atoms. The van der Waals surface area contributed by atoms with Crippen LogP contribution in [-0.4, -0.2) is 34.2 Å². The summed E-state index contributed by atoms with van der Waals surface area (Å²) in [7, 11) is 0. The second-order valence-corrected chi connectivity index (χ2v) is 6.60. The zero-order valence-electron chi connectivity index (χ0n) is 12.7. The molecule has 0 aliphatic carbocycles. The highest BCUT2D eigenvalue weighted by molar-refractivity contribution is 7.99. The average Bonchev–Trinajstić information content (AvgIpc) is 2.85. The maximum atomic E-state index is 12.2. The second kappa shape index (κ2) is 7.46. The van der Waals surface area contributed by atoms with E-state index in [9.17, 15) is 9.59 Å². The van der Waals surface area contributed by atoms with Crippen molar-refractivity contribution in [1.29, 1.82) is 0 Å². The van der Waals surface area contributed by atoms with Crippen molar-refractivity contribution in [2.45, 2.75) is 4.90 Å². The van der Waals surface area contributed by atoms with Crippen LogP contribution in [-0.2, 0) is 0 Å². The van der Waals surface area contributed by atoms with Crippen LogP contribution in [0.4, 0.5) is 0 Å². The molecule has 2 amide bonds. The van der Waals surface area contributed by atoms with Crippen molar-refractivity contribution >= 4 is 40.9 Å². The molecule has 3 rings (SSSR count). The molecule has 0 saturated heterocycles. The molecular formula is C17H15N3O2S2. The Morgan fingerprint density at radius 2 is 1.54 bits per heavy atom. The molecule has 1 heterocycles. The zero-order valence-corrected chi connectivity index (χ0v) is 14.3. The van der Waals surface area contributed by atoms with E-state index in [0.29, 0.717) is 17.7 Å². The smallest absolute Gasteiger partial charge is 0.280 e. The van der Waals surface area contributed by atoms with Crippen molar-refractivity contribution in [2.75, 3.05) is 12.3 Å². The van der Waals surface area contributed by atoms with E-state index in [4.69, 9.17) is 12.2 Å². The Labute approximate surface area is 149 Å². The van der Waals surface area contributed by atoms with Gasteiger partial charge in [-0.05, 0) is 36.5 Å². The average molecular weight is 357 g/mol. The van der Waals surface area contributed by atoms with Crippen LogP contribution < -0.4 is 10.7 Å². The zero-order chi connectivity index (χ0) is 16.9. The molecule has 5 nitrogen and oxygen atoms in total. The van der Waals surface area contributed by atoms with Gasteiger partial charge in [-0.2, -0.15) is 5.01 Å². The molecular weight excluding hydrogens is 342 g/mol. The molecule has 24 heavy (non-hydrogen) atoms. The fourth-order valence-electron chi connectivity index (χ4n) is 2.28. The van der Waals surface area contributed by atoms with E-state index in [1.807, 2.05) is 30.3 Å². The topological polar surface area (TPSA) is 61.4 Å². The first-order valence-electron chi connectivity index (χ1n) is 7.37. The largest absolute Gasteiger partial charge is 0.360 e. The number of amides is 2. The van der Waals surface area contributed by atoms with Gasteiger partial charge < -0.3 is 5.32 Å². The summed E-state index contributed by atoms with van der Waals surface area (Å²) < 4.78 is 0. The van der Waals surface area contributed by atoms with E-state index >= 15 is 0 Å². The highest BCUT2D eigenvalue weighted by atomic mass is 32.2. The standard InChI is InChI=1S/C17H15N3O2S2/c21-15-13-8-4-5-9-14(13)16(22)20(15)19-17(23)18-10-11-24-12-6-2-1-3-7-12/h1-9H,10-11H2,(H2,18,19,23).